The number of aromatic nitrogens is 1. The van der Waals surface area contributed by atoms with Gasteiger partial charge in [-0.1, -0.05) is 51.1 Å². The summed E-state index contributed by atoms with van der Waals surface area (Å²) in [6.07, 6.45) is 2.08. The number of carboxylic acids is 1. The molecular formula is C32H43F2N5O4. The number of carboxylic acid groups (broad SMARTS) is 1. The van der Waals surface area contributed by atoms with Crippen molar-refractivity contribution in [1.29, 1.82) is 0 Å². The smallest absolute Gasteiger partial charge is 0.322 e. The van der Waals surface area contributed by atoms with E-state index in [9.17, 15) is 28.6 Å². The molecule has 0 saturated carbocycles. The van der Waals surface area contributed by atoms with Crippen LogP contribution in [0.3, 0.4) is 0 Å². The van der Waals surface area contributed by atoms with E-state index in [0.717, 1.165) is 23.8 Å². The summed E-state index contributed by atoms with van der Waals surface area (Å²) in [7, 11) is 1.66. The first-order valence-electron chi connectivity index (χ1n) is 14.3. The summed E-state index contributed by atoms with van der Waals surface area (Å²) in [5, 5.41) is 25.1. The monoisotopic (exact) mass is 599 g/mol. The average Bonchev–Trinajstić information content (AvgIpc) is 3.35. The van der Waals surface area contributed by atoms with Gasteiger partial charge in [0, 0.05) is 55.2 Å². The lowest BCUT2D eigenvalue weighted by Gasteiger charge is -2.41. The molecule has 3 rings (SSSR count). The number of amides is 1. The molecule has 11 heteroatoms. The number of hydrogen-bond donors (Lipinski definition) is 5. The van der Waals surface area contributed by atoms with Gasteiger partial charge in [-0.3, -0.25) is 9.59 Å². The molecular weight excluding hydrogens is 556 g/mol. The van der Waals surface area contributed by atoms with Gasteiger partial charge in [0.15, 0.2) is 0 Å². The molecule has 6 N–H and O–H groups in total. The molecule has 0 unspecified atom stereocenters. The number of aliphatic hydroxyl groups is 1. The highest BCUT2D eigenvalue weighted by atomic mass is 19.1. The number of carbonyl (C=O) groups excluding carboxylic acids is 1. The quantitative estimate of drug-likeness (QED) is 0.181. The van der Waals surface area contributed by atoms with E-state index in [1.54, 1.807) is 24.2 Å². The number of nitrogens with two attached hydrogens (primary N) is 1. The van der Waals surface area contributed by atoms with Crippen LogP contribution < -0.4 is 16.4 Å². The zero-order chi connectivity index (χ0) is 31.7. The van der Waals surface area contributed by atoms with E-state index in [4.69, 9.17) is 5.73 Å². The van der Waals surface area contributed by atoms with E-state index >= 15 is 0 Å². The van der Waals surface area contributed by atoms with Crippen LogP contribution in [0, 0.1) is 17.0 Å². The molecule has 1 amide bonds. The summed E-state index contributed by atoms with van der Waals surface area (Å²) in [5.41, 5.74) is 8.00. The van der Waals surface area contributed by atoms with E-state index in [1.165, 1.54) is 0 Å². The predicted octanol–water partition coefficient (Wildman–Crippen LogP) is 3.37. The van der Waals surface area contributed by atoms with Gasteiger partial charge in [-0.15, -0.1) is 0 Å². The van der Waals surface area contributed by atoms with Gasteiger partial charge < -0.3 is 36.0 Å². The van der Waals surface area contributed by atoms with Crippen molar-refractivity contribution in [1.82, 2.24) is 20.1 Å². The van der Waals surface area contributed by atoms with Crippen molar-refractivity contribution in [2.24, 2.45) is 11.1 Å². The number of rotatable bonds is 15. The van der Waals surface area contributed by atoms with Gasteiger partial charge in [-0.25, -0.2) is 8.78 Å². The molecule has 0 fully saturated rings. The number of aliphatic hydroxyl groups excluding tert-OH is 1. The number of benzene rings is 2. The van der Waals surface area contributed by atoms with E-state index in [1.807, 2.05) is 55.7 Å². The van der Waals surface area contributed by atoms with Crippen LogP contribution >= 0.6 is 0 Å². The largest absolute Gasteiger partial charge is 0.480 e. The van der Waals surface area contributed by atoms with Gasteiger partial charge in [0.05, 0.1) is 6.04 Å². The molecule has 234 valence electrons. The Morgan fingerprint density at radius 3 is 2.37 bits per heavy atom. The molecule has 0 aliphatic heterocycles. The Bertz CT molecular complexity index is 1360. The number of likely N-dealkylation sites (N-methyl/N-ethyl adjacent to an activating group) is 1. The maximum atomic E-state index is 14.9. The standard InChI is InChI=1S/C32H43F2N5O4/c1-32(2,3)30(39(29(41)20-40)13-12-24(35)16-37-27(17-36-4)31(42)43)28-14-22(25-15-23(33)10-11-26(25)34)19-38(28)18-21-8-6-5-7-9-21/h5-11,14-15,19,24,27,30,36-37,40H,12-13,16-18,20,35H2,1-4H3,(H,42,43)/t24-,27+,30-/m0/s1. The van der Waals surface area contributed by atoms with Crippen LogP contribution in [0.25, 0.3) is 11.1 Å². The maximum Gasteiger partial charge on any atom is 0.322 e. The van der Waals surface area contributed by atoms with Crippen LogP contribution in [0.4, 0.5) is 8.78 Å². The lowest BCUT2D eigenvalue weighted by Crippen LogP contribution is -2.49. The highest BCUT2D eigenvalue weighted by molar-refractivity contribution is 5.78. The highest BCUT2D eigenvalue weighted by Gasteiger charge is 2.37. The topological polar surface area (TPSA) is 133 Å². The Balaban J connectivity index is 2.02. The fourth-order valence-corrected chi connectivity index (χ4v) is 5.25. The number of nitrogens with one attached hydrogen (secondary N) is 2. The summed E-state index contributed by atoms with van der Waals surface area (Å²) >= 11 is 0. The minimum Gasteiger partial charge on any atom is -0.480 e. The predicted molar refractivity (Wildman–Crippen MR) is 162 cm³/mol. The summed E-state index contributed by atoms with van der Waals surface area (Å²) in [4.78, 5) is 26.3. The summed E-state index contributed by atoms with van der Waals surface area (Å²) in [6.45, 7) is 6.18. The molecule has 1 heterocycles. The Hall–Kier alpha value is -3.64. The Morgan fingerprint density at radius 1 is 1.07 bits per heavy atom. The van der Waals surface area contributed by atoms with Crippen LogP contribution in [0.15, 0.2) is 60.8 Å². The van der Waals surface area contributed by atoms with E-state index in [2.05, 4.69) is 10.6 Å². The number of aliphatic carboxylic acids is 1. The van der Waals surface area contributed by atoms with E-state index in [0.29, 0.717) is 24.2 Å². The summed E-state index contributed by atoms with van der Waals surface area (Å²) in [6, 6.07) is 12.8. The fraction of sp³-hybridized carbons (Fsp3) is 0.438. The molecule has 2 aromatic carbocycles. The van der Waals surface area contributed by atoms with Crippen molar-refractivity contribution in [2.75, 3.05) is 33.3 Å². The molecule has 9 nitrogen and oxygen atoms in total. The van der Waals surface area contributed by atoms with Crippen molar-refractivity contribution < 1.29 is 28.6 Å². The summed E-state index contributed by atoms with van der Waals surface area (Å²) < 4.78 is 31.0. The fourth-order valence-electron chi connectivity index (χ4n) is 5.25. The molecule has 0 spiro atoms. The first-order valence-corrected chi connectivity index (χ1v) is 14.3. The second-order valence-electron chi connectivity index (χ2n) is 11.8. The van der Waals surface area contributed by atoms with Crippen molar-refractivity contribution in [3.8, 4) is 11.1 Å². The van der Waals surface area contributed by atoms with Crippen LogP contribution in [0.1, 0.15) is 44.5 Å². The number of hydrogen-bond acceptors (Lipinski definition) is 6. The van der Waals surface area contributed by atoms with Gasteiger partial charge in [0.2, 0.25) is 5.91 Å². The van der Waals surface area contributed by atoms with Gasteiger partial charge in [-0.2, -0.15) is 0 Å². The minimum atomic E-state index is -1.00. The molecule has 3 atom stereocenters. The van der Waals surface area contributed by atoms with Crippen molar-refractivity contribution >= 4 is 11.9 Å². The Kier molecular flexibility index (Phi) is 12.0. The molecule has 0 bridgehead atoms. The van der Waals surface area contributed by atoms with Gasteiger partial charge in [0.1, 0.15) is 24.3 Å². The van der Waals surface area contributed by atoms with E-state index < -0.39 is 53.7 Å². The van der Waals surface area contributed by atoms with Gasteiger partial charge in [0.25, 0.3) is 0 Å². The zero-order valence-electron chi connectivity index (χ0n) is 25.2. The highest BCUT2D eigenvalue weighted by Crippen LogP contribution is 2.41. The second kappa shape index (κ2) is 15.2. The third kappa shape index (κ3) is 9.17. The number of halogens is 2. The molecule has 0 aliphatic rings. The van der Waals surface area contributed by atoms with Crippen LogP contribution in [-0.4, -0.2) is 76.9 Å². The van der Waals surface area contributed by atoms with Crippen LogP contribution in [-0.2, 0) is 16.1 Å². The SMILES string of the molecule is CNC[C@@H](NC[C@@H](N)CCN(C(=O)CO)[C@@H](c1cc(-c2cc(F)ccc2F)cn1Cc1ccccc1)C(C)(C)C)C(=O)O. The first kappa shape index (κ1) is 33.9. The third-order valence-electron chi connectivity index (χ3n) is 7.31. The lowest BCUT2D eigenvalue weighted by atomic mass is 9.82. The Labute approximate surface area is 251 Å². The minimum absolute atomic E-state index is 0.100. The molecule has 0 radical (unpaired) electrons. The van der Waals surface area contributed by atoms with Crippen LogP contribution in [0.2, 0.25) is 0 Å². The summed E-state index contributed by atoms with van der Waals surface area (Å²) in [5.74, 6) is -2.65. The maximum absolute atomic E-state index is 14.9. The first-order chi connectivity index (χ1) is 20.3. The third-order valence-corrected chi connectivity index (χ3v) is 7.31. The van der Waals surface area contributed by atoms with Crippen molar-refractivity contribution in [3.63, 3.8) is 0 Å². The van der Waals surface area contributed by atoms with Gasteiger partial charge >= 0.3 is 5.97 Å². The molecule has 0 saturated heterocycles. The Morgan fingerprint density at radius 2 is 1.77 bits per heavy atom. The molecule has 0 aliphatic carbocycles. The molecule has 43 heavy (non-hydrogen) atoms. The van der Waals surface area contributed by atoms with Crippen LogP contribution in [0.5, 0.6) is 0 Å². The van der Waals surface area contributed by atoms with Crippen molar-refractivity contribution in [3.05, 3.63) is 83.7 Å². The number of nitrogens with zero attached hydrogens (tertiary/aromatic N) is 2. The lowest BCUT2D eigenvalue weighted by molar-refractivity contribution is -0.140. The second-order valence-corrected chi connectivity index (χ2v) is 11.8. The normalized spacial score (nSPS) is 13.9. The van der Waals surface area contributed by atoms with Gasteiger partial charge in [-0.05, 0) is 48.7 Å². The van der Waals surface area contributed by atoms with E-state index in [-0.39, 0.29) is 25.2 Å². The average molecular weight is 600 g/mol. The molecule has 3 aromatic rings. The number of carbonyl (C=O) groups is 2. The molecule has 1 aromatic heterocycles. The van der Waals surface area contributed by atoms with Crippen molar-refractivity contribution in [2.45, 2.75) is 51.9 Å². The zero-order valence-corrected chi connectivity index (χ0v) is 25.2.